The molecule has 26 heavy (non-hydrogen) atoms. The highest BCUT2D eigenvalue weighted by Crippen LogP contribution is 2.28. The van der Waals surface area contributed by atoms with Crippen molar-refractivity contribution in [3.8, 4) is 0 Å². The number of carbonyl (C=O) groups is 1. The van der Waals surface area contributed by atoms with Gasteiger partial charge in [-0.15, -0.1) is 11.3 Å². The van der Waals surface area contributed by atoms with Crippen LogP contribution in [0.3, 0.4) is 0 Å². The summed E-state index contributed by atoms with van der Waals surface area (Å²) in [5, 5.41) is 0.543. The van der Waals surface area contributed by atoms with Gasteiger partial charge in [0.15, 0.2) is 10.7 Å². The summed E-state index contributed by atoms with van der Waals surface area (Å²) in [4.78, 5) is 21.4. The minimum absolute atomic E-state index is 0.245. The highest BCUT2D eigenvalue weighted by Gasteiger charge is 2.23. The Kier molecular flexibility index (Phi) is 5.28. The molecule has 4 nitrogen and oxygen atoms in total. The van der Waals surface area contributed by atoms with Crippen LogP contribution in [0.25, 0.3) is 0 Å². The van der Waals surface area contributed by atoms with Gasteiger partial charge in [-0.25, -0.2) is 14.8 Å². The molecule has 0 spiro atoms. The number of hydrogen-bond donors (Lipinski definition) is 0. The Morgan fingerprint density at radius 3 is 2.00 bits per heavy atom. The predicted molar refractivity (Wildman–Crippen MR) is 105 cm³/mol. The molecule has 0 aliphatic carbocycles. The molecule has 0 fully saturated rings. The summed E-state index contributed by atoms with van der Waals surface area (Å²) in [6.07, 6.45) is 0. The van der Waals surface area contributed by atoms with Crippen molar-refractivity contribution in [3.05, 3.63) is 83.0 Å². The second kappa shape index (κ2) is 7.62. The van der Waals surface area contributed by atoms with Crippen molar-refractivity contribution in [2.75, 3.05) is 0 Å². The molecule has 0 aliphatic heterocycles. The number of carbonyl (C=O) groups excluding carboxylic acids is 1. The summed E-state index contributed by atoms with van der Waals surface area (Å²) >= 11 is 1.32. The molecule has 0 aliphatic rings. The fourth-order valence-corrected chi connectivity index (χ4v) is 3.02. The summed E-state index contributed by atoms with van der Waals surface area (Å²) in [7, 11) is 0. The quantitative estimate of drug-likeness (QED) is 0.468. The molecule has 0 amide bonds. The molecule has 3 rings (SSSR count). The minimum atomic E-state index is -0.580. The van der Waals surface area contributed by atoms with Crippen LogP contribution in [0.4, 0.5) is 5.00 Å². The molecule has 3 aromatic rings. The molecule has 0 atom stereocenters. The first-order valence-electron chi connectivity index (χ1n) is 8.30. The van der Waals surface area contributed by atoms with E-state index < -0.39 is 11.6 Å². The number of aromatic nitrogens is 1. The maximum absolute atomic E-state index is 12.4. The van der Waals surface area contributed by atoms with Gasteiger partial charge >= 0.3 is 5.97 Å². The second-order valence-electron chi connectivity index (χ2n) is 6.70. The Bertz CT molecular complexity index is 868. The normalized spacial score (nSPS) is 11.0. The lowest BCUT2D eigenvalue weighted by atomic mass is 10.0. The van der Waals surface area contributed by atoms with Crippen LogP contribution in [0.1, 0.15) is 42.4 Å². The van der Waals surface area contributed by atoms with E-state index in [0.29, 0.717) is 5.00 Å². The maximum atomic E-state index is 12.4. The van der Waals surface area contributed by atoms with E-state index in [-0.39, 0.29) is 5.69 Å². The van der Waals surface area contributed by atoms with E-state index in [0.717, 1.165) is 16.8 Å². The van der Waals surface area contributed by atoms with Crippen LogP contribution in [0.15, 0.2) is 71.2 Å². The van der Waals surface area contributed by atoms with Crippen LogP contribution in [0.5, 0.6) is 0 Å². The molecular formula is C21H20N2O2S. The van der Waals surface area contributed by atoms with Crippen molar-refractivity contribution in [1.82, 2.24) is 4.98 Å². The molecular weight excluding hydrogens is 344 g/mol. The molecule has 1 heterocycles. The average molecular weight is 364 g/mol. The van der Waals surface area contributed by atoms with E-state index in [2.05, 4.69) is 4.98 Å². The van der Waals surface area contributed by atoms with Gasteiger partial charge in [0.2, 0.25) is 0 Å². The number of nitrogens with zero attached hydrogens (tertiary/aromatic N) is 2. The standard InChI is InChI=1S/C21H20N2O2S/c1-21(2,3)25-20(24)18-19(26-14-22-18)23-17(15-10-6-4-7-11-15)16-12-8-5-9-13-16/h4-14H,1-3H3. The first-order valence-corrected chi connectivity index (χ1v) is 9.18. The van der Waals surface area contributed by atoms with Crippen molar-refractivity contribution in [2.45, 2.75) is 26.4 Å². The third-order valence-corrected chi connectivity index (χ3v) is 4.17. The molecule has 1 aromatic heterocycles. The van der Waals surface area contributed by atoms with E-state index in [1.165, 1.54) is 11.3 Å². The first kappa shape index (κ1) is 18.0. The predicted octanol–water partition coefficient (Wildman–Crippen LogP) is 5.27. The maximum Gasteiger partial charge on any atom is 0.360 e. The SMILES string of the molecule is CC(C)(C)OC(=O)c1ncsc1N=C(c1ccccc1)c1ccccc1. The highest BCUT2D eigenvalue weighted by atomic mass is 32.1. The van der Waals surface area contributed by atoms with Gasteiger partial charge in [-0.1, -0.05) is 60.7 Å². The number of hydrogen-bond acceptors (Lipinski definition) is 5. The van der Waals surface area contributed by atoms with E-state index in [1.54, 1.807) is 5.51 Å². The molecule has 0 radical (unpaired) electrons. The first-order chi connectivity index (χ1) is 12.4. The van der Waals surface area contributed by atoms with Gasteiger partial charge < -0.3 is 4.74 Å². The topological polar surface area (TPSA) is 51.5 Å². The van der Waals surface area contributed by atoms with Gasteiger partial charge in [-0.3, -0.25) is 0 Å². The molecule has 0 bridgehead atoms. The zero-order valence-corrected chi connectivity index (χ0v) is 15.8. The van der Waals surface area contributed by atoms with Crippen LogP contribution in [-0.4, -0.2) is 22.3 Å². The van der Waals surface area contributed by atoms with Gasteiger partial charge in [0, 0.05) is 11.1 Å². The number of rotatable bonds is 4. The van der Waals surface area contributed by atoms with Gasteiger partial charge in [0.05, 0.1) is 11.2 Å². The van der Waals surface area contributed by atoms with Crippen molar-refractivity contribution in [1.29, 1.82) is 0 Å². The van der Waals surface area contributed by atoms with Crippen LogP contribution in [0, 0.1) is 0 Å². The van der Waals surface area contributed by atoms with Crippen LogP contribution in [-0.2, 0) is 4.74 Å². The third kappa shape index (κ3) is 4.43. The molecule has 132 valence electrons. The Labute approximate surface area is 157 Å². The number of aliphatic imine (C=N–C) groups is 1. The molecule has 0 saturated carbocycles. The largest absolute Gasteiger partial charge is 0.455 e. The average Bonchev–Trinajstić information content (AvgIpc) is 3.08. The molecule has 0 N–H and O–H groups in total. The van der Waals surface area contributed by atoms with Gasteiger partial charge in [0.1, 0.15) is 5.60 Å². The summed E-state index contributed by atoms with van der Waals surface area (Å²) in [5.74, 6) is -0.460. The van der Waals surface area contributed by atoms with E-state index in [9.17, 15) is 4.79 Å². The van der Waals surface area contributed by atoms with Gasteiger partial charge in [-0.2, -0.15) is 0 Å². The van der Waals surface area contributed by atoms with E-state index >= 15 is 0 Å². The van der Waals surface area contributed by atoms with Crippen LogP contribution in [0.2, 0.25) is 0 Å². The zero-order chi connectivity index (χ0) is 18.6. The Morgan fingerprint density at radius 1 is 0.962 bits per heavy atom. The van der Waals surface area contributed by atoms with Crippen molar-refractivity contribution < 1.29 is 9.53 Å². The Hall–Kier alpha value is -2.79. The van der Waals surface area contributed by atoms with Gasteiger partial charge in [0.25, 0.3) is 0 Å². The van der Waals surface area contributed by atoms with Crippen molar-refractivity contribution >= 4 is 28.0 Å². The van der Waals surface area contributed by atoms with E-state index in [1.807, 2.05) is 81.4 Å². The van der Waals surface area contributed by atoms with E-state index in [4.69, 9.17) is 9.73 Å². The fraction of sp³-hybridized carbons (Fsp3) is 0.190. The zero-order valence-electron chi connectivity index (χ0n) is 15.0. The number of ether oxygens (including phenoxy) is 1. The Morgan fingerprint density at radius 2 is 1.50 bits per heavy atom. The summed E-state index contributed by atoms with van der Waals surface area (Å²) in [6.45, 7) is 5.50. The molecule has 0 saturated heterocycles. The summed E-state index contributed by atoms with van der Waals surface area (Å²) in [5.41, 5.74) is 4.02. The molecule has 0 unspecified atom stereocenters. The van der Waals surface area contributed by atoms with Crippen molar-refractivity contribution in [2.24, 2.45) is 4.99 Å². The lowest BCUT2D eigenvalue weighted by Crippen LogP contribution is -2.24. The smallest absolute Gasteiger partial charge is 0.360 e. The summed E-state index contributed by atoms with van der Waals surface area (Å²) in [6, 6.07) is 19.8. The number of thiazole rings is 1. The molecule has 2 aromatic carbocycles. The van der Waals surface area contributed by atoms with Gasteiger partial charge in [-0.05, 0) is 20.8 Å². The number of benzene rings is 2. The summed E-state index contributed by atoms with van der Waals surface area (Å²) < 4.78 is 5.45. The monoisotopic (exact) mass is 364 g/mol. The number of esters is 1. The second-order valence-corrected chi connectivity index (χ2v) is 7.53. The third-order valence-electron chi connectivity index (χ3n) is 3.45. The van der Waals surface area contributed by atoms with Crippen LogP contribution >= 0.6 is 11.3 Å². The highest BCUT2D eigenvalue weighted by molar-refractivity contribution is 7.14. The lowest BCUT2D eigenvalue weighted by Gasteiger charge is -2.18. The van der Waals surface area contributed by atoms with Crippen LogP contribution < -0.4 is 0 Å². The fourth-order valence-electron chi connectivity index (χ4n) is 2.38. The minimum Gasteiger partial charge on any atom is -0.455 e. The van der Waals surface area contributed by atoms with Crippen molar-refractivity contribution in [3.63, 3.8) is 0 Å². The molecule has 5 heteroatoms. The lowest BCUT2D eigenvalue weighted by molar-refractivity contribution is 0.00648. The Balaban J connectivity index is 2.05.